The lowest BCUT2D eigenvalue weighted by Crippen LogP contribution is -2.36. The van der Waals surface area contributed by atoms with Crippen LogP contribution in [0.15, 0.2) is 65.6 Å². The lowest BCUT2D eigenvalue weighted by molar-refractivity contribution is -0.127. The van der Waals surface area contributed by atoms with E-state index in [1.54, 1.807) is 24.3 Å². The molecule has 0 aromatic heterocycles. The Kier molecular flexibility index (Phi) is 8.38. The Morgan fingerprint density at radius 3 is 2.57 bits per heavy atom. The van der Waals surface area contributed by atoms with Crippen molar-refractivity contribution in [3.63, 3.8) is 0 Å². The van der Waals surface area contributed by atoms with Crippen molar-refractivity contribution in [3.05, 3.63) is 92.6 Å². The van der Waals surface area contributed by atoms with Gasteiger partial charge in [-0.15, -0.1) is 0 Å². The predicted molar refractivity (Wildman–Crippen MR) is 141 cm³/mol. The molecule has 1 aliphatic rings. The maximum Gasteiger partial charge on any atom is 0.294 e. The van der Waals surface area contributed by atoms with E-state index in [0.29, 0.717) is 22.1 Å². The fourth-order valence-electron chi connectivity index (χ4n) is 3.37. The molecule has 0 unspecified atom stereocenters. The fraction of sp³-hybridized carbons (Fsp3) is 0.115. The summed E-state index contributed by atoms with van der Waals surface area (Å²) in [6.45, 7) is -0.268. The van der Waals surface area contributed by atoms with Gasteiger partial charge in [0.05, 0.1) is 17.0 Å². The standard InChI is InChI=1S/C26H19Cl2FN2O5S/c1-35-22-10-15(6-9-21(22)36-14-16-4-2-3-5-18(16)27)11-23-25(33)31(26(34)37-23)13-24(32)30-17-7-8-20(29)19(28)12-17/h2-12H,13-14H2,1H3,(H,30,32)/b23-11+. The first kappa shape index (κ1) is 26.5. The fourth-order valence-corrected chi connectivity index (χ4v) is 4.58. The van der Waals surface area contributed by atoms with Gasteiger partial charge in [0.15, 0.2) is 11.5 Å². The molecule has 7 nitrogen and oxygen atoms in total. The third-order valence-electron chi connectivity index (χ3n) is 5.21. The average molecular weight is 561 g/mol. The molecule has 0 bridgehead atoms. The highest BCUT2D eigenvalue weighted by molar-refractivity contribution is 8.18. The third kappa shape index (κ3) is 6.43. The molecule has 1 heterocycles. The van der Waals surface area contributed by atoms with Gasteiger partial charge in [-0.25, -0.2) is 4.39 Å². The monoisotopic (exact) mass is 560 g/mol. The van der Waals surface area contributed by atoms with E-state index >= 15 is 0 Å². The van der Waals surface area contributed by atoms with Crippen LogP contribution < -0.4 is 14.8 Å². The molecule has 0 aliphatic carbocycles. The SMILES string of the molecule is COc1cc(/C=C2/SC(=O)N(CC(=O)Nc3ccc(F)c(Cl)c3)C2=O)ccc1OCc1ccccc1Cl. The van der Waals surface area contributed by atoms with Gasteiger partial charge in [-0.1, -0.05) is 47.5 Å². The molecule has 1 fully saturated rings. The number of nitrogens with zero attached hydrogens (tertiary/aromatic N) is 1. The highest BCUT2D eigenvalue weighted by Crippen LogP contribution is 2.35. The zero-order valence-electron chi connectivity index (χ0n) is 19.3. The van der Waals surface area contributed by atoms with E-state index in [1.807, 2.05) is 18.2 Å². The maximum absolute atomic E-state index is 13.3. The molecule has 3 amide bonds. The summed E-state index contributed by atoms with van der Waals surface area (Å²) in [5.74, 6) is -0.969. The summed E-state index contributed by atoms with van der Waals surface area (Å²) in [7, 11) is 1.49. The lowest BCUT2D eigenvalue weighted by atomic mass is 10.1. The summed E-state index contributed by atoms with van der Waals surface area (Å²) in [6, 6.07) is 16.0. The van der Waals surface area contributed by atoms with Gasteiger partial charge in [-0.2, -0.15) is 0 Å². The Bertz CT molecular complexity index is 1420. The van der Waals surface area contributed by atoms with Gasteiger partial charge in [0, 0.05) is 16.3 Å². The van der Waals surface area contributed by atoms with Crippen LogP contribution >= 0.6 is 35.0 Å². The Balaban J connectivity index is 1.43. The second kappa shape index (κ2) is 11.7. The van der Waals surface area contributed by atoms with E-state index in [4.69, 9.17) is 32.7 Å². The number of carbonyl (C=O) groups excluding carboxylic acids is 3. The first-order valence-electron chi connectivity index (χ1n) is 10.8. The Hall–Kier alpha value is -3.53. The van der Waals surface area contributed by atoms with Crippen LogP contribution in [0.2, 0.25) is 10.0 Å². The second-order valence-corrected chi connectivity index (χ2v) is 9.54. The zero-order chi connectivity index (χ0) is 26.5. The molecule has 1 aliphatic heterocycles. The number of amides is 3. The summed E-state index contributed by atoms with van der Waals surface area (Å²) < 4.78 is 24.6. The molecule has 0 radical (unpaired) electrons. The minimum Gasteiger partial charge on any atom is -0.493 e. The highest BCUT2D eigenvalue weighted by Gasteiger charge is 2.36. The number of anilines is 1. The van der Waals surface area contributed by atoms with Crippen LogP contribution in [-0.4, -0.2) is 35.6 Å². The lowest BCUT2D eigenvalue weighted by Gasteiger charge is -2.13. The predicted octanol–water partition coefficient (Wildman–Crippen LogP) is 6.40. The molecule has 11 heteroatoms. The van der Waals surface area contributed by atoms with Crippen molar-refractivity contribution in [1.29, 1.82) is 0 Å². The minimum atomic E-state index is -0.632. The van der Waals surface area contributed by atoms with Gasteiger partial charge in [0.2, 0.25) is 5.91 Å². The Morgan fingerprint density at radius 1 is 1.05 bits per heavy atom. The third-order valence-corrected chi connectivity index (χ3v) is 6.77. The van der Waals surface area contributed by atoms with Gasteiger partial charge in [0.25, 0.3) is 11.1 Å². The van der Waals surface area contributed by atoms with Crippen LogP contribution in [0.25, 0.3) is 6.08 Å². The Morgan fingerprint density at radius 2 is 1.84 bits per heavy atom. The van der Waals surface area contributed by atoms with Crippen molar-refractivity contribution >= 4 is 63.8 Å². The van der Waals surface area contributed by atoms with Gasteiger partial charge < -0.3 is 14.8 Å². The van der Waals surface area contributed by atoms with Gasteiger partial charge in [-0.05, 0) is 59.8 Å². The average Bonchev–Trinajstić information content (AvgIpc) is 3.13. The highest BCUT2D eigenvalue weighted by atomic mass is 35.5. The molecule has 0 spiro atoms. The minimum absolute atomic E-state index is 0.148. The van der Waals surface area contributed by atoms with Gasteiger partial charge in [-0.3, -0.25) is 19.3 Å². The van der Waals surface area contributed by atoms with E-state index in [2.05, 4.69) is 5.32 Å². The molecule has 1 saturated heterocycles. The van der Waals surface area contributed by atoms with Crippen LogP contribution in [0.5, 0.6) is 11.5 Å². The summed E-state index contributed by atoms with van der Waals surface area (Å²) >= 11 is 12.6. The number of hydrogen-bond acceptors (Lipinski definition) is 6. The smallest absolute Gasteiger partial charge is 0.294 e. The molecule has 1 N–H and O–H groups in total. The van der Waals surface area contributed by atoms with E-state index in [-0.39, 0.29) is 22.2 Å². The van der Waals surface area contributed by atoms with Crippen LogP contribution in [0.1, 0.15) is 11.1 Å². The number of thioether (sulfide) groups is 1. The second-order valence-electron chi connectivity index (χ2n) is 7.74. The van der Waals surface area contributed by atoms with Gasteiger partial charge in [0.1, 0.15) is 19.0 Å². The molecular formula is C26H19Cl2FN2O5S. The molecule has 190 valence electrons. The summed E-state index contributed by atoms with van der Waals surface area (Å²) in [5, 5.41) is 2.32. The summed E-state index contributed by atoms with van der Waals surface area (Å²) in [6.07, 6.45) is 1.53. The first-order valence-corrected chi connectivity index (χ1v) is 12.4. The topological polar surface area (TPSA) is 84.9 Å². The van der Waals surface area contributed by atoms with Crippen molar-refractivity contribution in [2.24, 2.45) is 0 Å². The Labute approximate surface area is 226 Å². The van der Waals surface area contributed by atoms with Crippen LogP contribution in [0.3, 0.4) is 0 Å². The van der Waals surface area contributed by atoms with Crippen molar-refractivity contribution in [2.75, 3.05) is 19.0 Å². The number of methoxy groups -OCH3 is 1. The van der Waals surface area contributed by atoms with Gasteiger partial charge >= 0.3 is 0 Å². The quantitative estimate of drug-likeness (QED) is 0.321. The van der Waals surface area contributed by atoms with Crippen molar-refractivity contribution < 1.29 is 28.2 Å². The maximum atomic E-state index is 13.3. The van der Waals surface area contributed by atoms with E-state index in [9.17, 15) is 18.8 Å². The largest absolute Gasteiger partial charge is 0.493 e. The van der Waals surface area contributed by atoms with Crippen molar-refractivity contribution in [1.82, 2.24) is 4.90 Å². The number of nitrogens with one attached hydrogen (secondary N) is 1. The molecule has 0 saturated carbocycles. The number of imide groups is 1. The number of rotatable bonds is 8. The number of ether oxygens (including phenoxy) is 2. The summed E-state index contributed by atoms with van der Waals surface area (Å²) in [4.78, 5) is 38.6. The number of carbonyl (C=O) groups is 3. The van der Waals surface area contributed by atoms with E-state index < -0.39 is 29.4 Å². The van der Waals surface area contributed by atoms with E-state index in [1.165, 1.54) is 25.3 Å². The molecule has 3 aromatic carbocycles. The molecular weight excluding hydrogens is 542 g/mol. The van der Waals surface area contributed by atoms with Crippen LogP contribution in [-0.2, 0) is 16.2 Å². The number of halogens is 3. The number of hydrogen-bond donors (Lipinski definition) is 1. The van der Waals surface area contributed by atoms with Crippen LogP contribution in [0.4, 0.5) is 14.9 Å². The molecule has 4 rings (SSSR count). The summed E-state index contributed by atoms with van der Waals surface area (Å²) in [5.41, 5.74) is 1.65. The number of benzene rings is 3. The van der Waals surface area contributed by atoms with Crippen molar-refractivity contribution in [3.8, 4) is 11.5 Å². The molecule has 37 heavy (non-hydrogen) atoms. The molecule has 3 aromatic rings. The normalized spacial score (nSPS) is 14.3. The zero-order valence-corrected chi connectivity index (χ0v) is 21.6. The van der Waals surface area contributed by atoms with Crippen molar-refractivity contribution in [2.45, 2.75) is 6.61 Å². The molecule has 0 atom stereocenters. The van der Waals surface area contributed by atoms with E-state index in [0.717, 1.165) is 28.3 Å². The first-order chi connectivity index (χ1) is 17.7. The van der Waals surface area contributed by atoms with Crippen LogP contribution in [0, 0.1) is 5.82 Å².